The Labute approximate surface area is 611 Å². The summed E-state index contributed by atoms with van der Waals surface area (Å²) in [5.41, 5.74) is 8.22. The molecular formula is C57H66N13Na3O16PSTc-. The van der Waals surface area contributed by atoms with Crippen LogP contribution < -0.4 is 164 Å². The van der Waals surface area contributed by atoms with Crippen molar-refractivity contribution in [1.29, 1.82) is 0 Å². The Bertz CT molecular complexity index is 3510. The largest absolute Gasteiger partial charge is 1.00 e. The van der Waals surface area contributed by atoms with Gasteiger partial charge in [-0.05, 0) is 85.2 Å². The number of aliphatic hydroxyl groups excluding tert-OH is 2. The van der Waals surface area contributed by atoms with Gasteiger partial charge in [0.15, 0.2) is 11.2 Å². The summed E-state index contributed by atoms with van der Waals surface area (Å²) in [6.07, 6.45) is 2.66. The normalized spacial score (nSPS) is 11.5. The van der Waals surface area contributed by atoms with Crippen LogP contribution in [0.5, 0.6) is 0 Å². The number of pyridine rings is 1. The van der Waals surface area contributed by atoms with Crippen LogP contribution in [0.3, 0.4) is 0 Å². The second kappa shape index (κ2) is 45.2. The maximum absolute atomic E-state index is 12.7. The molecule has 0 aliphatic heterocycles. The van der Waals surface area contributed by atoms with Crippen molar-refractivity contribution in [1.82, 2.24) is 46.2 Å². The molecule has 92 heavy (non-hydrogen) atoms. The van der Waals surface area contributed by atoms with E-state index in [0.29, 0.717) is 22.8 Å². The molecule has 1 radical (unpaired) electrons. The molecule has 0 saturated heterocycles. The molecule has 477 valence electrons. The van der Waals surface area contributed by atoms with Gasteiger partial charge >= 0.3 is 88.7 Å². The third-order valence-electron chi connectivity index (χ3n) is 12.3. The van der Waals surface area contributed by atoms with Crippen molar-refractivity contribution in [3.8, 4) is 0 Å². The maximum Gasteiger partial charge on any atom is 1.00 e. The number of ether oxygens (including phenoxy) is 3. The zero-order valence-electron chi connectivity index (χ0n) is 50.7. The summed E-state index contributed by atoms with van der Waals surface area (Å²) in [6, 6.07) is 34.1. The van der Waals surface area contributed by atoms with Gasteiger partial charge in [-0.15, -0.1) is 0 Å². The molecular weight excluding hydrogens is 1350 g/mol. The molecule has 0 aliphatic rings. The smallest absolute Gasteiger partial charge is 0.744 e. The number of nitrogens with one attached hydrogen (secondary N) is 7. The number of hydrazine groups is 1. The standard InChI is InChI=1S/C31H38N12O8.C18H15O3PS.C8H16NO5.3Na.Tc/c32-31-41-26-25(29(47)42-31)39-21(17-38-26)16-36-20-4-1-18(2-5-20)28(46)40-22(30(48)49)6-8-24(44)34-9-11-50-13-14-51-12-10-35-27(45)19-3-7-23(43-33)37-15-19;19-23(20,21)18-13-7-12-17(14-18)22(15-8-3-1-4-9-15)16-10-5-2-6-11-16;1-14-6-8(5-11,2-3-10)9-4-7(12)13;;;;/h1-5,7,15,17,22,36H,6,8-14,16,33H2,(H,34,44)(H,35,45)(H,37,43)(H,40,46)(H,48,49)(H3,32,38,41,42,47);1-14H,(H,19,20,21);9-11H,1-6H2,(H,12,13);;;;/q;;-1;3*+1;/p-3/i;;;;;;1+1. The minimum atomic E-state index is -4.46. The molecule has 0 spiro atoms. The maximum atomic E-state index is 12.7. The van der Waals surface area contributed by atoms with E-state index >= 15 is 0 Å². The number of aromatic nitrogens is 5. The van der Waals surface area contributed by atoms with Gasteiger partial charge in [0.2, 0.25) is 11.9 Å². The molecule has 35 heteroatoms. The first-order chi connectivity index (χ1) is 42.3. The van der Waals surface area contributed by atoms with Gasteiger partial charge in [-0.3, -0.25) is 24.2 Å². The molecule has 0 fully saturated rings. The van der Waals surface area contributed by atoms with Crippen LogP contribution in [-0.2, 0) is 65.4 Å². The van der Waals surface area contributed by atoms with Crippen molar-refractivity contribution in [2.75, 3.05) is 82.4 Å². The van der Waals surface area contributed by atoms with Gasteiger partial charge in [0, 0.05) is 76.8 Å². The first-order valence-electron chi connectivity index (χ1n) is 26.8. The van der Waals surface area contributed by atoms with Gasteiger partial charge in [0.05, 0.1) is 85.4 Å². The number of fused-ring (bicyclic) bond motifs is 1. The number of carboxylic acid groups (broad SMARTS) is 2. The summed E-state index contributed by atoms with van der Waals surface area (Å²) in [5, 5.41) is 56.0. The predicted molar refractivity (Wildman–Crippen MR) is 320 cm³/mol. The summed E-state index contributed by atoms with van der Waals surface area (Å²) in [7, 11) is -2.24. The van der Waals surface area contributed by atoms with E-state index in [1.54, 1.807) is 30.3 Å². The molecule has 3 aromatic heterocycles. The Hall–Kier alpha value is -5.29. The van der Waals surface area contributed by atoms with Gasteiger partial charge < -0.3 is 86.5 Å². The average molecular weight is 1420 g/mol. The van der Waals surface area contributed by atoms with Crippen LogP contribution in [-0.4, -0.2) is 155 Å². The number of aromatic amines is 1. The van der Waals surface area contributed by atoms with E-state index in [2.05, 4.69) is 68.8 Å². The number of nitrogens with two attached hydrogens (primary N) is 2. The number of nitrogen functional groups attached to an aromatic ring is 2. The van der Waals surface area contributed by atoms with Crippen molar-refractivity contribution >= 4 is 92.2 Å². The van der Waals surface area contributed by atoms with Gasteiger partial charge in [0.25, 0.3) is 17.4 Å². The summed E-state index contributed by atoms with van der Waals surface area (Å²) >= 11 is 0. The third-order valence-corrected chi connectivity index (χ3v) is 15.5. The van der Waals surface area contributed by atoms with Crippen molar-refractivity contribution in [3.63, 3.8) is 0 Å². The number of H-pyrrole nitrogens is 1. The molecule has 2 atom stereocenters. The molecule has 3 heterocycles. The second-order valence-corrected chi connectivity index (χ2v) is 22.3. The number of aliphatic carboxylic acids is 2. The third kappa shape index (κ3) is 29.6. The van der Waals surface area contributed by atoms with Crippen molar-refractivity contribution in [3.05, 3.63) is 168 Å². The molecule has 29 nitrogen and oxygen atoms in total. The fraction of sp³-hybridized carbons (Fsp3) is 0.281. The Kier molecular flexibility index (Phi) is 41.6. The molecule has 7 rings (SSSR count). The van der Waals surface area contributed by atoms with Crippen LogP contribution in [0.1, 0.15) is 45.7 Å². The molecule has 13 N–H and O–H groups in total. The van der Waals surface area contributed by atoms with Gasteiger partial charge in [-0.1, -0.05) is 72.8 Å². The second-order valence-electron chi connectivity index (χ2n) is 18.7. The number of amides is 3. The van der Waals surface area contributed by atoms with Gasteiger partial charge in [-0.2, -0.15) is 4.98 Å². The van der Waals surface area contributed by atoms with Crippen LogP contribution in [0.2, 0.25) is 0 Å². The zero-order chi connectivity index (χ0) is 63.9. The van der Waals surface area contributed by atoms with Gasteiger partial charge in [0.1, 0.15) is 15.9 Å². The fourth-order valence-corrected chi connectivity index (χ4v) is 10.8. The van der Waals surface area contributed by atoms with E-state index in [9.17, 15) is 52.0 Å². The number of hydrogen-bond donors (Lipinski definition) is 11. The number of rotatable bonds is 32. The summed E-state index contributed by atoms with van der Waals surface area (Å²) < 4.78 is 49.4. The number of nitrogens with zero attached hydrogens (tertiary/aromatic N) is 4. The molecule has 0 aliphatic carbocycles. The number of anilines is 3. The quantitative estimate of drug-likeness (QED) is 0.00355. The summed E-state index contributed by atoms with van der Waals surface area (Å²) in [6.45, 7) is 0.724. The van der Waals surface area contributed by atoms with Crippen LogP contribution in [0.25, 0.3) is 11.2 Å². The molecule has 7 aromatic rings. The minimum Gasteiger partial charge on any atom is -0.744 e. The molecule has 0 saturated carbocycles. The fourth-order valence-electron chi connectivity index (χ4n) is 7.82. The van der Waals surface area contributed by atoms with E-state index in [1.807, 2.05) is 66.7 Å². The minimum absolute atomic E-state index is 0. The van der Waals surface area contributed by atoms with E-state index in [-0.39, 0.29) is 227 Å². The van der Waals surface area contributed by atoms with Crippen LogP contribution in [0, 0.1) is 7.11 Å². The number of carbonyl (C=O) groups is 5. The van der Waals surface area contributed by atoms with E-state index in [1.165, 1.54) is 36.7 Å². The van der Waals surface area contributed by atoms with Crippen molar-refractivity contribution in [2.24, 2.45) is 5.84 Å². The molecule has 2 unspecified atom stereocenters. The average Bonchev–Trinajstić information content (AvgIpc) is 0.878. The van der Waals surface area contributed by atoms with E-state index in [4.69, 9.17) is 31.3 Å². The van der Waals surface area contributed by atoms with Crippen LogP contribution >= 0.6 is 7.92 Å². The van der Waals surface area contributed by atoms with Crippen LogP contribution in [0.15, 0.2) is 143 Å². The number of hydrogen-bond acceptors (Lipinski definition) is 25. The Balaban J connectivity index is 0.000000849. The number of carboxylic acids is 2. The topological polar surface area (TPSA) is 465 Å². The first-order valence-corrected chi connectivity index (χ1v) is 29.5. The Morgan fingerprint density at radius 2 is 1.37 bits per heavy atom. The van der Waals surface area contributed by atoms with Crippen LogP contribution in [0.4, 0.5) is 17.5 Å². The summed E-state index contributed by atoms with van der Waals surface area (Å²) in [4.78, 5) is 89.3. The first kappa shape index (κ1) is 84.7. The van der Waals surface area contributed by atoms with Crippen molar-refractivity contribution in [2.45, 2.75) is 42.3 Å². The number of carbonyl (C=O) groups excluding carboxylic acids is 5. The molecule has 4 aromatic carbocycles. The SMILES string of the molecule is NNc1ccc(C(=O)NCCOCCOCCNC(=O)CCC(NC(=O)c2ccc(NCc3cnc4nc(N)[nH]c(=O)c4n3)cc2)C(=O)[O-])cn1.O=S(=O)([O-])c1cccc(P(c2ccccc2)c2ccccc2)c1.[99Tc].[CH2-]OCC(CO)(CCO)NCC(=O)[O-].[Na+].[Na+].[Na+]. The van der Waals surface area contributed by atoms with E-state index in [0.717, 1.165) is 15.9 Å². The Morgan fingerprint density at radius 3 is 1.91 bits per heavy atom. The monoisotopic (exact) mass is 1420 g/mol. The number of aliphatic hydroxyl groups is 2. The molecule has 0 bridgehead atoms. The Morgan fingerprint density at radius 1 is 0.761 bits per heavy atom. The molecule has 3 amide bonds. The summed E-state index contributed by atoms with van der Waals surface area (Å²) in [5.74, 6) is 1.42. The zero-order valence-corrected chi connectivity index (χ0v) is 60.2. The predicted octanol–water partition coefficient (Wildman–Crippen LogP) is -11.6. The van der Waals surface area contributed by atoms with Crippen molar-refractivity contribution < 1.29 is 180 Å². The van der Waals surface area contributed by atoms with Gasteiger partial charge in [-0.25, -0.2) is 36.3 Å². The van der Waals surface area contributed by atoms with E-state index < -0.39 is 65.5 Å². The number of benzene rings is 4.